The minimum atomic E-state index is -0.250. The molecule has 0 bridgehead atoms. The van der Waals surface area contributed by atoms with Crippen molar-refractivity contribution in [3.05, 3.63) is 69.2 Å². The molecule has 2 aromatic rings. The topological polar surface area (TPSA) is 60.9 Å². The summed E-state index contributed by atoms with van der Waals surface area (Å²) in [5.74, 6) is 0.285. The first-order valence-corrected chi connectivity index (χ1v) is 10.8. The molecule has 1 aliphatic heterocycles. The zero-order valence-electron chi connectivity index (χ0n) is 16.3. The first-order chi connectivity index (χ1) is 14.0. The number of halogens is 2. The average molecular weight is 482 g/mol. The Morgan fingerprint density at radius 1 is 1.00 bits per heavy atom. The van der Waals surface area contributed by atoms with Gasteiger partial charge >= 0.3 is 0 Å². The number of carbonyl (C=O) groups excluding carboxylic acids is 1. The molecule has 156 valence electrons. The van der Waals surface area contributed by atoms with Crippen molar-refractivity contribution in [2.75, 3.05) is 26.2 Å². The van der Waals surface area contributed by atoms with Crippen LogP contribution in [0.2, 0.25) is 5.02 Å². The van der Waals surface area contributed by atoms with E-state index >= 15 is 0 Å². The Kier molecular flexibility index (Phi) is 10.2. The lowest BCUT2D eigenvalue weighted by Gasteiger charge is -2.34. The minimum absolute atomic E-state index is 0.250. The second-order valence-electron chi connectivity index (χ2n) is 6.87. The van der Waals surface area contributed by atoms with Crippen molar-refractivity contribution in [3.63, 3.8) is 0 Å². The van der Waals surface area contributed by atoms with E-state index in [1.165, 1.54) is 11.1 Å². The molecule has 0 unspecified atom stereocenters. The van der Waals surface area contributed by atoms with E-state index in [0.29, 0.717) is 6.42 Å². The van der Waals surface area contributed by atoms with Gasteiger partial charge in [0, 0.05) is 48.6 Å². The third kappa shape index (κ3) is 8.56. The van der Waals surface area contributed by atoms with E-state index < -0.39 is 0 Å². The highest BCUT2D eigenvalue weighted by molar-refractivity contribution is 9.10. The van der Waals surface area contributed by atoms with Gasteiger partial charge in [-0.2, -0.15) is 0 Å². The van der Waals surface area contributed by atoms with Gasteiger partial charge in [-0.1, -0.05) is 51.8 Å². The van der Waals surface area contributed by atoms with Crippen molar-refractivity contribution in [2.45, 2.75) is 25.8 Å². The molecule has 3 rings (SSSR count). The van der Waals surface area contributed by atoms with Gasteiger partial charge in [0.25, 0.3) is 6.47 Å². The Morgan fingerprint density at radius 2 is 1.55 bits per heavy atom. The maximum absolute atomic E-state index is 12.4. The third-order valence-corrected chi connectivity index (χ3v) is 5.59. The molecular weight excluding hydrogens is 456 g/mol. The molecule has 1 saturated heterocycles. The van der Waals surface area contributed by atoms with Crippen LogP contribution in [0.3, 0.4) is 0 Å². The van der Waals surface area contributed by atoms with Crippen LogP contribution in [0.25, 0.3) is 0 Å². The standard InChI is InChI=1S/C21H24BrClN2O.CH2O2/c22-19-8-4-17(5-9-19)2-1-3-21(26)25-14-12-24(13-15-25)16-18-6-10-20(23)11-7-18;2-1-3/h4-11H,1-3,12-16H2;1H,(H,2,3). The monoisotopic (exact) mass is 480 g/mol. The highest BCUT2D eigenvalue weighted by atomic mass is 79.9. The van der Waals surface area contributed by atoms with Crippen molar-refractivity contribution in [3.8, 4) is 0 Å². The van der Waals surface area contributed by atoms with Gasteiger partial charge in [0.15, 0.2) is 0 Å². The Bertz CT molecular complexity index is 761. The molecule has 0 spiro atoms. The van der Waals surface area contributed by atoms with Gasteiger partial charge < -0.3 is 10.0 Å². The van der Waals surface area contributed by atoms with E-state index in [4.69, 9.17) is 21.5 Å². The van der Waals surface area contributed by atoms with Crippen LogP contribution in [0.5, 0.6) is 0 Å². The summed E-state index contributed by atoms with van der Waals surface area (Å²) in [4.78, 5) is 25.2. The Labute approximate surface area is 185 Å². The number of nitrogens with zero attached hydrogens (tertiary/aromatic N) is 2. The Balaban J connectivity index is 0.000000941. The van der Waals surface area contributed by atoms with Gasteiger partial charge in [0.2, 0.25) is 5.91 Å². The lowest BCUT2D eigenvalue weighted by atomic mass is 10.1. The average Bonchev–Trinajstić information content (AvgIpc) is 2.72. The molecular formula is C22H26BrClN2O3. The second kappa shape index (κ2) is 12.6. The van der Waals surface area contributed by atoms with Crippen LogP contribution in [-0.4, -0.2) is 53.5 Å². The van der Waals surface area contributed by atoms with Crippen LogP contribution in [-0.2, 0) is 22.6 Å². The van der Waals surface area contributed by atoms with Gasteiger partial charge in [-0.15, -0.1) is 0 Å². The van der Waals surface area contributed by atoms with Crippen molar-refractivity contribution in [1.82, 2.24) is 9.80 Å². The van der Waals surface area contributed by atoms with Gasteiger partial charge in [-0.05, 0) is 48.2 Å². The summed E-state index contributed by atoms with van der Waals surface area (Å²) >= 11 is 9.38. The van der Waals surface area contributed by atoms with Crippen LogP contribution in [0, 0.1) is 0 Å². The second-order valence-corrected chi connectivity index (χ2v) is 8.22. The predicted octanol–water partition coefficient (Wildman–Crippen LogP) is 4.47. The van der Waals surface area contributed by atoms with E-state index in [2.05, 4.69) is 57.2 Å². The lowest BCUT2D eigenvalue weighted by molar-refractivity contribution is -0.133. The highest BCUT2D eigenvalue weighted by Gasteiger charge is 2.20. The summed E-state index contributed by atoms with van der Waals surface area (Å²) in [6, 6.07) is 16.3. The first-order valence-electron chi connectivity index (χ1n) is 9.58. The molecule has 0 saturated carbocycles. The molecule has 0 aliphatic carbocycles. The molecule has 1 fully saturated rings. The number of carboxylic acid groups (broad SMARTS) is 1. The summed E-state index contributed by atoms with van der Waals surface area (Å²) in [5, 5.41) is 7.66. The smallest absolute Gasteiger partial charge is 0.290 e. The Hall–Kier alpha value is -1.89. The number of hydrogen-bond acceptors (Lipinski definition) is 3. The van der Waals surface area contributed by atoms with Crippen LogP contribution in [0.1, 0.15) is 24.0 Å². The SMILES string of the molecule is O=C(CCCc1ccc(Br)cc1)N1CCN(Cc2ccc(Cl)cc2)CC1.O=CO. The predicted molar refractivity (Wildman–Crippen MR) is 119 cm³/mol. The maximum Gasteiger partial charge on any atom is 0.290 e. The number of amides is 1. The van der Waals surface area contributed by atoms with Gasteiger partial charge in [-0.3, -0.25) is 14.5 Å². The van der Waals surface area contributed by atoms with Crippen molar-refractivity contribution in [2.24, 2.45) is 0 Å². The number of rotatable bonds is 6. The largest absolute Gasteiger partial charge is 0.483 e. The van der Waals surface area contributed by atoms with E-state index in [0.717, 1.165) is 55.1 Å². The lowest BCUT2D eigenvalue weighted by Crippen LogP contribution is -2.48. The van der Waals surface area contributed by atoms with Crippen LogP contribution >= 0.6 is 27.5 Å². The van der Waals surface area contributed by atoms with Gasteiger partial charge in [0.05, 0.1) is 0 Å². The van der Waals surface area contributed by atoms with Crippen LogP contribution < -0.4 is 0 Å². The summed E-state index contributed by atoms with van der Waals surface area (Å²) < 4.78 is 1.09. The van der Waals surface area contributed by atoms with Crippen LogP contribution in [0.4, 0.5) is 0 Å². The zero-order valence-corrected chi connectivity index (χ0v) is 18.6. The maximum atomic E-state index is 12.4. The van der Waals surface area contributed by atoms with Gasteiger partial charge in [0.1, 0.15) is 0 Å². The summed E-state index contributed by atoms with van der Waals surface area (Å²) in [6.07, 6.45) is 2.49. The third-order valence-electron chi connectivity index (χ3n) is 4.81. The first kappa shape index (κ1) is 23.4. The number of benzene rings is 2. The molecule has 2 aromatic carbocycles. The van der Waals surface area contributed by atoms with Crippen molar-refractivity contribution >= 4 is 39.9 Å². The highest BCUT2D eigenvalue weighted by Crippen LogP contribution is 2.15. The van der Waals surface area contributed by atoms with E-state index in [1.807, 2.05) is 17.0 Å². The summed E-state index contributed by atoms with van der Waals surface area (Å²) in [5.41, 5.74) is 2.55. The van der Waals surface area contributed by atoms with Crippen molar-refractivity contribution < 1.29 is 14.7 Å². The molecule has 29 heavy (non-hydrogen) atoms. The molecule has 7 heteroatoms. The van der Waals surface area contributed by atoms with E-state index in [-0.39, 0.29) is 12.4 Å². The molecule has 5 nitrogen and oxygen atoms in total. The quantitative estimate of drug-likeness (QED) is 0.619. The normalized spacial score (nSPS) is 14.1. The summed E-state index contributed by atoms with van der Waals surface area (Å²) in [6.45, 7) is 4.18. The molecule has 0 radical (unpaired) electrons. The van der Waals surface area contributed by atoms with Gasteiger partial charge in [-0.25, -0.2) is 0 Å². The fourth-order valence-corrected chi connectivity index (χ4v) is 3.65. The number of aryl methyl sites for hydroxylation is 1. The van der Waals surface area contributed by atoms with E-state index in [9.17, 15) is 4.79 Å². The molecule has 1 N–H and O–H groups in total. The number of hydrogen-bond donors (Lipinski definition) is 1. The van der Waals surface area contributed by atoms with E-state index in [1.54, 1.807) is 0 Å². The number of carbonyl (C=O) groups is 2. The Morgan fingerprint density at radius 3 is 2.14 bits per heavy atom. The minimum Gasteiger partial charge on any atom is -0.483 e. The van der Waals surface area contributed by atoms with Crippen LogP contribution in [0.15, 0.2) is 53.0 Å². The van der Waals surface area contributed by atoms with Crippen molar-refractivity contribution in [1.29, 1.82) is 0 Å². The molecule has 1 amide bonds. The molecule has 0 atom stereocenters. The fraction of sp³-hybridized carbons (Fsp3) is 0.364. The molecule has 1 aliphatic rings. The number of piperazine rings is 1. The molecule has 1 heterocycles. The molecule has 0 aromatic heterocycles. The summed E-state index contributed by atoms with van der Waals surface area (Å²) in [7, 11) is 0. The fourth-order valence-electron chi connectivity index (χ4n) is 3.26. The zero-order chi connectivity index (χ0) is 21.1.